The number of hydrazone groups is 1. The van der Waals surface area contributed by atoms with Crippen LogP contribution in [0.2, 0.25) is 0 Å². The molecular weight excluding hydrogens is 512 g/mol. The summed E-state index contributed by atoms with van der Waals surface area (Å²) in [4.78, 5) is 26.0. The van der Waals surface area contributed by atoms with Crippen LogP contribution >= 0.6 is 11.8 Å². The molecule has 0 saturated carbocycles. The largest absolute Gasteiger partial charge is 0.494 e. The third-order valence-electron chi connectivity index (χ3n) is 5.20. The molecule has 200 valence electrons. The number of unbranched alkanes of at least 4 members (excludes halogenated alkanes) is 1. The van der Waals surface area contributed by atoms with Crippen molar-refractivity contribution in [2.45, 2.75) is 18.6 Å². The predicted octanol–water partition coefficient (Wildman–Crippen LogP) is 5.20. The molecule has 0 spiro atoms. The molecule has 0 atom stereocenters. The van der Waals surface area contributed by atoms with Gasteiger partial charge in [0.05, 0.1) is 37.4 Å². The van der Waals surface area contributed by atoms with Gasteiger partial charge in [-0.15, -0.1) is 0 Å². The maximum absolute atomic E-state index is 13.4. The Morgan fingerprint density at radius 2 is 1.87 bits per heavy atom. The van der Waals surface area contributed by atoms with Crippen molar-refractivity contribution in [2.75, 3.05) is 31.0 Å². The van der Waals surface area contributed by atoms with Crippen molar-refractivity contribution in [3.05, 3.63) is 94.8 Å². The van der Waals surface area contributed by atoms with E-state index in [1.807, 2.05) is 6.07 Å². The highest BCUT2D eigenvalue weighted by atomic mass is 32.2. The van der Waals surface area contributed by atoms with E-state index < -0.39 is 24.3 Å². The van der Waals surface area contributed by atoms with Gasteiger partial charge in [-0.1, -0.05) is 24.3 Å². The van der Waals surface area contributed by atoms with Crippen molar-refractivity contribution in [2.24, 2.45) is 5.10 Å². The quantitative estimate of drug-likeness (QED) is 0.148. The molecule has 0 bridgehead atoms. The fourth-order valence-corrected chi connectivity index (χ4v) is 4.05. The van der Waals surface area contributed by atoms with Crippen LogP contribution in [0.4, 0.5) is 14.5 Å². The lowest BCUT2D eigenvalue weighted by Crippen LogP contribution is -2.21. The van der Waals surface area contributed by atoms with E-state index in [0.717, 1.165) is 5.56 Å². The number of benzene rings is 3. The number of thioether (sulfide) groups is 1. The lowest BCUT2D eigenvalue weighted by atomic mass is 10.1. The van der Waals surface area contributed by atoms with Gasteiger partial charge in [-0.3, -0.25) is 14.0 Å². The molecule has 0 fully saturated rings. The van der Waals surface area contributed by atoms with Gasteiger partial charge in [-0.05, 0) is 66.4 Å². The second-order valence-corrected chi connectivity index (χ2v) is 9.24. The van der Waals surface area contributed by atoms with Crippen LogP contribution in [0.25, 0.3) is 0 Å². The maximum atomic E-state index is 13.4. The minimum atomic E-state index is -0.615. The van der Waals surface area contributed by atoms with Crippen molar-refractivity contribution >= 4 is 35.5 Å². The van der Waals surface area contributed by atoms with Gasteiger partial charge < -0.3 is 15.2 Å². The van der Waals surface area contributed by atoms with Gasteiger partial charge in [0.1, 0.15) is 11.6 Å². The summed E-state index contributed by atoms with van der Waals surface area (Å²) >= 11 is 1.55. The Morgan fingerprint density at radius 1 is 1.03 bits per heavy atom. The van der Waals surface area contributed by atoms with Crippen LogP contribution in [-0.4, -0.2) is 48.8 Å². The van der Waals surface area contributed by atoms with E-state index in [1.54, 1.807) is 48.2 Å². The van der Waals surface area contributed by atoms with Crippen molar-refractivity contribution in [3.8, 4) is 5.75 Å². The van der Waals surface area contributed by atoms with Crippen LogP contribution in [0.3, 0.4) is 0 Å². The van der Waals surface area contributed by atoms with Gasteiger partial charge in [0.15, 0.2) is 0 Å². The zero-order valence-electron chi connectivity index (χ0n) is 20.7. The normalized spacial score (nSPS) is 10.9. The zero-order chi connectivity index (χ0) is 27.2. The molecule has 3 rings (SSSR count). The number of amides is 2. The number of carbonyl (C=O) groups is 2. The van der Waals surface area contributed by atoms with Crippen LogP contribution < -0.4 is 15.5 Å². The maximum Gasteiger partial charge on any atom is 0.273 e. The first kappa shape index (κ1) is 28.8. The lowest BCUT2D eigenvalue weighted by Gasteiger charge is -2.13. The fourth-order valence-electron chi connectivity index (χ4n) is 3.36. The second kappa shape index (κ2) is 15.5. The fraction of sp³-hybridized carbons (Fsp3) is 0.250. The van der Waals surface area contributed by atoms with Crippen molar-refractivity contribution < 1.29 is 28.2 Å². The first-order valence-corrected chi connectivity index (χ1v) is 13.2. The molecular formula is C28H29F2N3O4S. The first-order valence-electron chi connectivity index (χ1n) is 12.0. The summed E-state index contributed by atoms with van der Waals surface area (Å²) in [7, 11) is 0. The van der Waals surface area contributed by atoms with Gasteiger partial charge in [0, 0.05) is 17.1 Å². The summed E-state index contributed by atoms with van der Waals surface area (Å²) in [5.74, 6) is 0.165. The summed E-state index contributed by atoms with van der Waals surface area (Å²) in [6, 6.07) is 17.4. The van der Waals surface area contributed by atoms with E-state index >= 15 is 0 Å². The van der Waals surface area contributed by atoms with Crippen LogP contribution in [0.15, 0.2) is 71.8 Å². The molecule has 3 aromatic rings. The molecule has 0 radical (unpaired) electrons. The molecule has 38 heavy (non-hydrogen) atoms. The van der Waals surface area contributed by atoms with E-state index in [0.29, 0.717) is 41.2 Å². The smallest absolute Gasteiger partial charge is 0.273 e. The average molecular weight is 542 g/mol. The molecule has 0 unspecified atom stereocenters. The number of halogens is 2. The highest BCUT2D eigenvalue weighted by Gasteiger charge is 2.16. The highest BCUT2D eigenvalue weighted by Crippen LogP contribution is 2.24. The molecule has 10 heteroatoms. The predicted molar refractivity (Wildman–Crippen MR) is 146 cm³/mol. The minimum Gasteiger partial charge on any atom is -0.494 e. The summed E-state index contributed by atoms with van der Waals surface area (Å²) in [6.45, 7) is -0.0837. The minimum absolute atomic E-state index is 0.0809. The SMILES string of the molecule is O=C(Nc1ccc(OCCCCF)cc1C(=O)N/N=C/c1cccc(F)c1)c1cccc(CSCCO)c1. The molecule has 3 N–H and O–H groups in total. The van der Waals surface area contributed by atoms with E-state index in [2.05, 4.69) is 15.8 Å². The molecule has 0 aliphatic rings. The van der Waals surface area contributed by atoms with Crippen LogP contribution in [0, 0.1) is 5.82 Å². The average Bonchev–Trinajstić information content (AvgIpc) is 2.92. The van der Waals surface area contributed by atoms with E-state index in [1.165, 1.54) is 30.5 Å². The van der Waals surface area contributed by atoms with Gasteiger partial charge in [-0.2, -0.15) is 16.9 Å². The molecule has 3 aromatic carbocycles. The summed E-state index contributed by atoms with van der Waals surface area (Å²) in [6.07, 6.45) is 2.19. The third kappa shape index (κ3) is 9.28. The van der Waals surface area contributed by atoms with E-state index in [4.69, 9.17) is 9.84 Å². The number of hydrogen-bond donors (Lipinski definition) is 3. The summed E-state index contributed by atoms with van der Waals surface area (Å²) in [5, 5.41) is 15.6. The molecule has 2 amide bonds. The number of carbonyl (C=O) groups excluding carboxylic acids is 2. The van der Waals surface area contributed by atoms with Crippen molar-refractivity contribution in [1.82, 2.24) is 5.43 Å². The van der Waals surface area contributed by atoms with Gasteiger partial charge in [-0.25, -0.2) is 9.82 Å². The van der Waals surface area contributed by atoms with Gasteiger partial charge in [0.25, 0.3) is 11.8 Å². The highest BCUT2D eigenvalue weighted by molar-refractivity contribution is 7.98. The first-order chi connectivity index (χ1) is 18.5. The molecule has 0 aliphatic carbocycles. The Balaban J connectivity index is 1.77. The van der Waals surface area contributed by atoms with Crippen LogP contribution in [0.1, 0.15) is 44.7 Å². The monoisotopic (exact) mass is 541 g/mol. The van der Waals surface area contributed by atoms with Gasteiger partial charge >= 0.3 is 0 Å². The third-order valence-corrected chi connectivity index (χ3v) is 6.21. The van der Waals surface area contributed by atoms with E-state index in [9.17, 15) is 18.4 Å². The number of aliphatic hydroxyl groups is 1. The Hall–Kier alpha value is -3.76. The topological polar surface area (TPSA) is 100 Å². The summed E-state index contributed by atoms with van der Waals surface area (Å²) in [5.41, 5.74) is 4.53. The molecule has 0 heterocycles. The van der Waals surface area contributed by atoms with E-state index in [-0.39, 0.29) is 24.5 Å². The van der Waals surface area contributed by atoms with Gasteiger partial charge in [0.2, 0.25) is 0 Å². The Bertz CT molecular complexity index is 1260. The lowest BCUT2D eigenvalue weighted by molar-refractivity contribution is 0.0955. The Kier molecular flexibility index (Phi) is 11.7. The number of nitrogens with one attached hydrogen (secondary N) is 2. The number of rotatable bonds is 14. The Morgan fingerprint density at radius 3 is 2.66 bits per heavy atom. The van der Waals surface area contributed by atoms with Crippen LogP contribution in [0.5, 0.6) is 5.75 Å². The number of aliphatic hydroxyl groups excluding tert-OH is 1. The number of nitrogens with zero attached hydrogens (tertiary/aromatic N) is 1. The molecule has 0 aromatic heterocycles. The van der Waals surface area contributed by atoms with Crippen molar-refractivity contribution in [1.29, 1.82) is 0 Å². The van der Waals surface area contributed by atoms with Crippen molar-refractivity contribution in [3.63, 3.8) is 0 Å². The standard InChI is InChI=1S/C28H29F2N3O4S/c29-11-1-2-13-37-24-9-10-26(32-27(35)22-7-3-6-21(15-22)19-38-14-12-34)25(17-24)28(36)33-31-18-20-5-4-8-23(30)16-20/h3-10,15-18,34H,1-2,11-14,19H2,(H,32,35)(H,33,36)/b31-18+. The number of anilines is 1. The zero-order valence-corrected chi connectivity index (χ0v) is 21.5. The Labute approximate surface area is 224 Å². The molecule has 0 saturated heterocycles. The number of ether oxygens (including phenoxy) is 1. The van der Waals surface area contributed by atoms with Crippen LogP contribution in [-0.2, 0) is 5.75 Å². The number of alkyl halides is 1. The number of hydrogen-bond acceptors (Lipinski definition) is 6. The molecule has 0 aliphatic heterocycles. The second-order valence-electron chi connectivity index (χ2n) is 8.14. The summed E-state index contributed by atoms with van der Waals surface area (Å²) < 4.78 is 31.4. The molecule has 7 nitrogen and oxygen atoms in total.